The molecule has 0 aliphatic rings. The number of benzene rings is 1. The molecule has 4 nitrogen and oxygen atoms in total. The summed E-state index contributed by atoms with van der Waals surface area (Å²) in [6.07, 6.45) is 0. The van der Waals surface area contributed by atoms with Gasteiger partial charge in [0.15, 0.2) is 0 Å². The molecule has 0 saturated carbocycles. The number of hydrogen-bond acceptors (Lipinski definition) is 3. The largest absolute Gasteiger partial charge is 0.395 e. The van der Waals surface area contributed by atoms with Crippen molar-refractivity contribution < 1.29 is 5.11 Å². The molecule has 0 aliphatic carbocycles. The maximum Gasteiger partial charge on any atom is 0.255 e. The number of nitrogens with two attached hydrogens (primary N) is 1. The van der Waals surface area contributed by atoms with Gasteiger partial charge in [-0.3, -0.25) is 4.79 Å². The summed E-state index contributed by atoms with van der Waals surface area (Å²) in [5, 5.41) is 9.20. The molecule has 1 aromatic heterocycles. The van der Waals surface area contributed by atoms with Crippen molar-refractivity contribution >= 4 is 0 Å². The van der Waals surface area contributed by atoms with Crippen molar-refractivity contribution in [2.45, 2.75) is 26.9 Å². The van der Waals surface area contributed by atoms with E-state index in [1.807, 2.05) is 32.0 Å². The zero-order chi connectivity index (χ0) is 14.7. The molecular weight excluding hydrogens is 252 g/mol. The predicted octanol–water partition coefficient (Wildman–Crippen LogP) is 1.58. The number of hydrogen-bond donors (Lipinski definition) is 2. The van der Waals surface area contributed by atoms with E-state index in [1.165, 1.54) is 5.56 Å². The topological polar surface area (TPSA) is 68.2 Å². The summed E-state index contributed by atoms with van der Waals surface area (Å²) in [7, 11) is 0. The summed E-state index contributed by atoms with van der Waals surface area (Å²) in [5.41, 5.74) is 10.1. The van der Waals surface area contributed by atoms with Gasteiger partial charge < -0.3 is 15.4 Å². The van der Waals surface area contributed by atoms with E-state index in [-0.39, 0.29) is 25.3 Å². The summed E-state index contributed by atoms with van der Waals surface area (Å²) in [6.45, 7) is 4.46. The van der Waals surface area contributed by atoms with E-state index >= 15 is 0 Å². The minimum atomic E-state index is -0.126. The first-order chi connectivity index (χ1) is 9.58. The Morgan fingerprint density at radius 2 is 1.95 bits per heavy atom. The molecule has 0 spiro atoms. The Bertz CT molecular complexity index is 675. The monoisotopic (exact) mass is 272 g/mol. The van der Waals surface area contributed by atoms with Crippen LogP contribution < -0.4 is 11.3 Å². The van der Waals surface area contributed by atoms with Gasteiger partial charge in [0.25, 0.3) is 5.56 Å². The maximum absolute atomic E-state index is 12.3. The van der Waals surface area contributed by atoms with Crippen molar-refractivity contribution in [3.63, 3.8) is 0 Å². The number of pyridine rings is 1. The van der Waals surface area contributed by atoms with Gasteiger partial charge in [0.2, 0.25) is 0 Å². The number of aliphatic hydroxyl groups is 1. The zero-order valence-electron chi connectivity index (χ0n) is 11.9. The van der Waals surface area contributed by atoms with Crippen LogP contribution in [0, 0.1) is 13.8 Å². The zero-order valence-corrected chi connectivity index (χ0v) is 11.9. The third kappa shape index (κ3) is 2.66. The third-order valence-electron chi connectivity index (χ3n) is 3.45. The van der Waals surface area contributed by atoms with Crippen molar-refractivity contribution in [2.24, 2.45) is 5.73 Å². The molecule has 4 heteroatoms. The molecule has 2 rings (SSSR count). The van der Waals surface area contributed by atoms with Crippen molar-refractivity contribution in [2.75, 3.05) is 6.61 Å². The first kappa shape index (κ1) is 14.5. The normalized spacial score (nSPS) is 10.8. The molecule has 0 bridgehead atoms. The molecule has 2 aromatic rings. The van der Waals surface area contributed by atoms with E-state index < -0.39 is 0 Å². The Kier molecular flexibility index (Phi) is 4.37. The quantitative estimate of drug-likeness (QED) is 0.888. The van der Waals surface area contributed by atoms with Crippen LogP contribution in [0.5, 0.6) is 0 Å². The van der Waals surface area contributed by atoms with Gasteiger partial charge in [-0.05, 0) is 25.5 Å². The first-order valence-corrected chi connectivity index (χ1v) is 6.69. The molecular formula is C16H20N2O2. The second kappa shape index (κ2) is 6.03. The molecule has 20 heavy (non-hydrogen) atoms. The fourth-order valence-corrected chi connectivity index (χ4v) is 2.44. The highest BCUT2D eigenvalue weighted by atomic mass is 16.3. The van der Waals surface area contributed by atoms with Crippen LogP contribution in [0.3, 0.4) is 0 Å². The van der Waals surface area contributed by atoms with Crippen molar-refractivity contribution in [3.8, 4) is 11.3 Å². The Hall–Kier alpha value is -1.91. The summed E-state index contributed by atoms with van der Waals surface area (Å²) >= 11 is 0. The molecule has 0 radical (unpaired) electrons. The molecule has 0 amide bonds. The van der Waals surface area contributed by atoms with Crippen LogP contribution >= 0.6 is 0 Å². The van der Waals surface area contributed by atoms with Crippen LogP contribution in [-0.2, 0) is 13.1 Å². The minimum absolute atomic E-state index is 0.0775. The smallest absolute Gasteiger partial charge is 0.255 e. The predicted molar refractivity (Wildman–Crippen MR) is 80.6 cm³/mol. The van der Waals surface area contributed by atoms with Gasteiger partial charge >= 0.3 is 0 Å². The van der Waals surface area contributed by atoms with Crippen molar-refractivity contribution in [3.05, 3.63) is 57.4 Å². The van der Waals surface area contributed by atoms with Crippen LogP contribution in [0.4, 0.5) is 0 Å². The van der Waals surface area contributed by atoms with Gasteiger partial charge in [0, 0.05) is 24.2 Å². The van der Waals surface area contributed by atoms with E-state index in [2.05, 4.69) is 6.07 Å². The molecule has 0 aliphatic heterocycles. The molecule has 0 saturated heterocycles. The fraction of sp³-hybridized carbons (Fsp3) is 0.312. The Balaban J connectivity index is 2.67. The summed E-state index contributed by atoms with van der Waals surface area (Å²) in [6, 6.07) is 9.78. The average molecular weight is 272 g/mol. The average Bonchev–Trinajstić information content (AvgIpc) is 2.42. The van der Waals surface area contributed by atoms with Crippen LogP contribution in [0.1, 0.15) is 16.7 Å². The van der Waals surface area contributed by atoms with Gasteiger partial charge in [-0.25, -0.2) is 0 Å². The summed E-state index contributed by atoms with van der Waals surface area (Å²) in [4.78, 5) is 12.3. The molecule has 0 fully saturated rings. The van der Waals surface area contributed by atoms with E-state index in [4.69, 9.17) is 5.73 Å². The molecule has 3 N–H and O–H groups in total. The lowest BCUT2D eigenvalue weighted by Crippen LogP contribution is -2.27. The van der Waals surface area contributed by atoms with Crippen molar-refractivity contribution in [1.29, 1.82) is 0 Å². The second-order valence-electron chi connectivity index (χ2n) is 4.95. The molecule has 106 valence electrons. The van der Waals surface area contributed by atoms with E-state index in [1.54, 1.807) is 10.6 Å². The van der Waals surface area contributed by atoms with E-state index in [0.29, 0.717) is 5.56 Å². The molecule has 1 heterocycles. The maximum atomic E-state index is 12.3. The first-order valence-electron chi connectivity index (χ1n) is 6.69. The van der Waals surface area contributed by atoms with E-state index in [0.717, 1.165) is 16.8 Å². The standard InChI is InChI=1S/C16H20N2O2/c1-11-3-5-14(12(2)9-11)15-6-4-13(10-17)16(20)18(15)7-8-19/h3-6,9,19H,7-8,10,17H2,1-2H3. The number of rotatable bonds is 4. The lowest BCUT2D eigenvalue weighted by atomic mass is 10.0. The Morgan fingerprint density at radius 3 is 2.55 bits per heavy atom. The number of aryl methyl sites for hydroxylation is 2. The van der Waals surface area contributed by atoms with Crippen LogP contribution in [0.25, 0.3) is 11.3 Å². The summed E-state index contributed by atoms with van der Waals surface area (Å²) in [5.74, 6) is 0. The second-order valence-corrected chi connectivity index (χ2v) is 4.95. The number of nitrogens with zero attached hydrogens (tertiary/aromatic N) is 1. The fourth-order valence-electron chi connectivity index (χ4n) is 2.44. The highest BCUT2D eigenvalue weighted by Crippen LogP contribution is 2.23. The lowest BCUT2D eigenvalue weighted by Gasteiger charge is -2.15. The molecule has 1 aromatic carbocycles. The number of aromatic nitrogens is 1. The van der Waals surface area contributed by atoms with Crippen LogP contribution in [0.15, 0.2) is 35.1 Å². The Morgan fingerprint density at radius 1 is 1.20 bits per heavy atom. The van der Waals surface area contributed by atoms with Gasteiger partial charge in [0.1, 0.15) is 0 Å². The lowest BCUT2D eigenvalue weighted by molar-refractivity contribution is 0.274. The minimum Gasteiger partial charge on any atom is -0.395 e. The van der Waals surface area contributed by atoms with Gasteiger partial charge in [-0.2, -0.15) is 0 Å². The highest BCUT2D eigenvalue weighted by molar-refractivity contribution is 5.64. The number of aliphatic hydroxyl groups excluding tert-OH is 1. The SMILES string of the molecule is Cc1ccc(-c2ccc(CN)c(=O)n2CCO)c(C)c1. The van der Waals surface area contributed by atoms with Crippen molar-refractivity contribution in [1.82, 2.24) is 4.57 Å². The molecule has 0 atom stereocenters. The highest BCUT2D eigenvalue weighted by Gasteiger charge is 2.11. The van der Waals surface area contributed by atoms with Gasteiger partial charge in [-0.1, -0.05) is 29.8 Å². The van der Waals surface area contributed by atoms with Crippen LogP contribution in [0.2, 0.25) is 0 Å². The van der Waals surface area contributed by atoms with Gasteiger partial charge in [-0.15, -0.1) is 0 Å². The third-order valence-corrected chi connectivity index (χ3v) is 3.45. The van der Waals surface area contributed by atoms with E-state index in [9.17, 15) is 9.90 Å². The molecule has 0 unspecified atom stereocenters. The Labute approximate surface area is 118 Å². The van der Waals surface area contributed by atoms with Gasteiger partial charge in [0.05, 0.1) is 12.3 Å². The summed E-state index contributed by atoms with van der Waals surface area (Å²) < 4.78 is 1.60. The van der Waals surface area contributed by atoms with Crippen LogP contribution in [-0.4, -0.2) is 16.3 Å².